The van der Waals surface area contributed by atoms with Crippen molar-refractivity contribution in [1.29, 1.82) is 10.5 Å². The molecule has 0 aliphatic heterocycles. The van der Waals surface area contributed by atoms with Crippen LogP contribution < -0.4 is 10.6 Å². The Hall–Kier alpha value is -3.32. The summed E-state index contributed by atoms with van der Waals surface area (Å²) in [4.78, 5) is 25.7. The minimum atomic E-state index is -0.682. The Morgan fingerprint density at radius 3 is 2.72 bits per heavy atom. The molecular formula is C22H25N5O2. The standard InChI is InChI=1S/C22H25N5O2/c1-27-19-11-5-2-7-15(19)13-20(27)22(29)26-18-10-4-3-9-17(18)21(28)25-16(14-24)8-6-12-23/h2,5,7,11,13,16-18H,3-4,6,8-10H2,1H3,(H,25,28)(H,26,29)/t16?,17-,18+/m1/s1. The minimum Gasteiger partial charge on any atom is -0.347 e. The van der Waals surface area contributed by atoms with Crippen LogP contribution in [0.1, 0.15) is 49.0 Å². The number of carbonyl (C=O) groups excluding carboxylic acids is 2. The number of rotatable bonds is 6. The number of aryl methyl sites for hydroxylation is 1. The van der Waals surface area contributed by atoms with Crippen LogP contribution in [0.15, 0.2) is 30.3 Å². The van der Waals surface area contributed by atoms with Gasteiger partial charge in [0.25, 0.3) is 5.91 Å². The van der Waals surface area contributed by atoms with Crippen molar-refractivity contribution >= 4 is 22.7 Å². The van der Waals surface area contributed by atoms with Gasteiger partial charge in [0.15, 0.2) is 0 Å². The van der Waals surface area contributed by atoms with Gasteiger partial charge >= 0.3 is 0 Å². The van der Waals surface area contributed by atoms with E-state index >= 15 is 0 Å². The molecule has 2 aromatic rings. The third-order valence-electron chi connectivity index (χ3n) is 5.62. The first-order valence-electron chi connectivity index (χ1n) is 9.97. The van der Waals surface area contributed by atoms with Crippen LogP contribution in [0.2, 0.25) is 0 Å². The first kappa shape index (κ1) is 20.4. The molecule has 0 bridgehead atoms. The maximum absolute atomic E-state index is 12.9. The summed E-state index contributed by atoms with van der Waals surface area (Å²) in [5.74, 6) is -0.799. The zero-order chi connectivity index (χ0) is 20.8. The lowest BCUT2D eigenvalue weighted by Gasteiger charge is -2.31. The van der Waals surface area contributed by atoms with Gasteiger partial charge in [-0.1, -0.05) is 31.0 Å². The number of para-hydroxylation sites is 1. The summed E-state index contributed by atoms with van der Waals surface area (Å²) in [5, 5.41) is 24.7. The van der Waals surface area contributed by atoms with Crippen molar-refractivity contribution in [3.8, 4) is 12.1 Å². The summed E-state index contributed by atoms with van der Waals surface area (Å²) in [7, 11) is 1.86. The van der Waals surface area contributed by atoms with Gasteiger partial charge in [-0.25, -0.2) is 0 Å². The van der Waals surface area contributed by atoms with Crippen molar-refractivity contribution in [3.63, 3.8) is 0 Å². The second-order valence-electron chi connectivity index (χ2n) is 7.51. The average molecular weight is 391 g/mol. The lowest BCUT2D eigenvalue weighted by Crippen LogP contribution is -2.50. The molecule has 1 saturated carbocycles. The fourth-order valence-corrected chi connectivity index (χ4v) is 4.02. The zero-order valence-electron chi connectivity index (χ0n) is 16.5. The Morgan fingerprint density at radius 2 is 2.00 bits per heavy atom. The molecule has 3 rings (SSSR count). The van der Waals surface area contributed by atoms with Crippen molar-refractivity contribution in [1.82, 2.24) is 15.2 Å². The van der Waals surface area contributed by atoms with E-state index in [4.69, 9.17) is 5.26 Å². The normalized spacial score (nSPS) is 19.7. The summed E-state index contributed by atoms with van der Waals surface area (Å²) in [6.07, 6.45) is 3.77. The van der Waals surface area contributed by atoms with E-state index in [-0.39, 0.29) is 30.2 Å². The lowest BCUT2D eigenvalue weighted by atomic mass is 9.83. The number of nitriles is 2. The molecule has 3 atom stereocenters. The molecule has 1 aromatic heterocycles. The van der Waals surface area contributed by atoms with Crippen molar-refractivity contribution < 1.29 is 9.59 Å². The van der Waals surface area contributed by atoms with Crippen LogP contribution in [0.25, 0.3) is 10.9 Å². The fourth-order valence-electron chi connectivity index (χ4n) is 4.02. The SMILES string of the molecule is Cn1c(C(=O)N[C@H]2CCCC[C@H]2C(=O)NC(C#N)CCC#N)cc2ccccc21. The van der Waals surface area contributed by atoms with Gasteiger partial charge in [-0.15, -0.1) is 0 Å². The van der Waals surface area contributed by atoms with Crippen molar-refractivity contribution in [2.75, 3.05) is 0 Å². The molecule has 29 heavy (non-hydrogen) atoms. The van der Waals surface area contributed by atoms with Crippen molar-refractivity contribution in [2.45, 2.75) is 50.6 Å². The summed E-state index contributed by atoms with van der Waals surface area (Å²) in [6.45, 7) is 0. The Labute approximate surface area is 170 Å². The molecule has 0 radical (unpaired) electrons. The molecule has 0 spiro atoms. The Morgan fingerprint density at radius 1 is 1.24 bits per heavy atom. The second kappa shape index (κ2) is 9.25. The molecule has 7 nitrogen and oxygen atoms in total. The second-order valence-corrected chi connectivity index (χ2v) is 7.51. The van der Waals surface area contributed by atoms with Gasteiger partial charge in [-0.2, -0.15) is 10.5 Å². The van der Waals surface area contributed by atoms with Gasteiger partial charge in [-0.3, -0.25) is 9.59 Å². The van der Waals surface area contributed by atoms with E-state index in [0.29, 0.717) is 18.5 Å². The van der Waals surface area contributed by atoms with E-state index in [2.05, 4.69) is 10.6 Å². The largest absolute Gasteiger partial charge is 0.347 e. The topological polar surface area (TPSA) is 111 Å². The summed E-state index contributed by atoms with van der Waals surface area (Å²) in [6, 6.07) is 12.7. The van der Waals surface area contributed by atoms with E-state index in [1.807, 2.05) is 54.1 Å². The average Bonchev–Trinajstić information content (AvgIpc) is 3.08. The number of nitrogens with one attached hydrogen (secondary N) is 2. The van der Waals surface area contributed by atoms with Crippen LogP contribution in [0, 0.1) is 28.6 Å². The predicted octanol–water partition coefficient (Wildman–Crippen LogP) is 2.78. The van der Waals surface area contributed by atoms with Crippen LogP contribution in [0.5, 0.6) is 0 Å². The smallest absolute Gasteiger partial charge is 0.268 e. The summed E-state index contributed by atoms with van der Waals surface area (Å²) in [5.41, 5.74) is 1.53. The molecule has 1 aliphatic rings. The van der Waals surface area contributed by atoms with Gasteiger partial charge in [0.2, 0.25) is 5.91 Å². The Bertz CT molecular complexity index is 981. The highest BCUT2D eigenvalue weighted by Gasteiger charge is 2.33. The monoisotopic (exact) mass is 391 g/mol. The highest BCUT2D eigenvalue weighted by Crippen LogP contribution is 2.26. The number of aromatic nitrogens is 1. The highest BCUT2D eigenvalue weighted by molar-refractivity contribution is 5.99. The van der Waals surface area contributed by atoms with Crippen LogP contribution in [0.4, 0.5) is 0 Å². The molecule has 1 fully saturated rings. The van der Waals surface area contributed by atoms with Gasteiger partial charge in [0.05, 0.1) is 18.1 Å². The third kappa shape index (κ3) is 4.57. The zero-order valence-corrected chi connectivity index (χ0v) is 16.5. The lowest BCUT2D eigenvalue weighted by molar-refractivity contribution is -0.127. The molecule has 0 saturated heterocycles. The number of hydrogen-bond donors (Lipinski definition) is 2. The molecule has 1 unspecified atom stereocenters. The Kier molecular flexibility index (Phi) is 6.51. The van der Waals surface area contributed by atoms with Gasteiger partial charge in [0.1, 0.15) is 11.7 Å². The van der Waals surface area contributed by atoms with Crippen molar-refractivity contribution in [3.05, 3.63) is 36.0 Å². The first-order valence-corrected chi connectivity index (χ1v) is 9.97. The van der Waals surface area contributed by atoms with Crippen molar-refractivity contribution in [2.24, 2.45) is 13.0 Å². The first-order chi connectivity index (χ1) is 14.0. The predicted molar refractivity (Wildman–Crippen MR) is 109 cm³/mol. The highest BCUT2D eigenvalue weighted by atomic mass is 16.2. The van der Waals surface area contributed by atoms with Gasteiger partial charge in [-0.05, 0) is 31.4 Å². The van der Waals surface area contributed by atoms with E-state index in [1.54, 1.807) is 0 Å². The van der Waals surface area contributed by atoms with Crippen LogP contribution >= 0.6 is 0 Å². The summed E-state index contributed by atoms with van der Waals surface area (Å²) >= 11 is 0. The summed E-state index contributed by atoms with van der Waals surface area (Å²) < 4.78 is 1.86. The molecule has 1 heterocycles. The molecule has 2 amide bonds. The molecule has 2 N–H and O–H groups in total. The quantitative estimate of drug-likeness (QED) is 0.789. The molecule has 7 heteroatoms. The number of amides is 2. The molecule has 150 valence electrons. The molecule has 1 aromatic carbocycles. The number of nitrogens with zero attached hydrogens (tertiary/aromatic N) is 3. The molecular weight excluding hydrogens is 366 g/mol. The third-order valence-corrected chi connectivity index (χ3v) is 5.62. The van der Waals surface area contributed by atoms with Crippen LogP contribution in [0.3, 0.4) is 0 Å². The number of carbonyl (C=O) groups is 2. The van der Waals surface area contributed by atoms with E-state index in [0.717, 1.165) is 30.2 Å². The van der Waals surface area contributed by atoms with Crippen LogP contribution in [-0.2, 0) is 11.8 Å². The number of benzene rings is 1. The van der Waals surface area contributed by atoms with E-state index in [1.165, 1.54) is 0 Å². The number of hydrogen-bond acceptors (Lipinski definition) is 4. The maximum atomic E-state index is 12.9. The van der Waals surface area contributed by atoms with E-state index in [9.17, 15) is 14.9 Å². The van der Waals surface area contributed by atoms with E-state index < -0.39 is 6.04 Å². The van der Waals surface area contributed by atoms with Gasteiger partial charge in [0, 0.05) is 30.4 Å². The van der Waals surface area contributed by atoms with Crippen LogP contribution in [-0.4, -0.2) is 28.5 Å². The minimum absolute atomic E-state index is 0.199. The maximum Gasteiger partial charge on any atom is 0.268 e. The molecule has 1 aliphatic carbocycles. The number of fused-ring (bicyclic) bond motifs is 1. The fraction of sp³-hybridized carbons (Fsp3) is 0.455. The Balaban J connectivity index is 1.71. The van der Waals surface area contributed by atoms with Gasteiger partial charge < -0.3 is 15.2 Å².